The lowest BCUT2D eigenvalue weighted by molar-refractivity contribution is 0.493. The molecule has 1 aliphatic rings. The molecule has 0 atom stereocenters. The third-order valence-electron chi connectivity index (χ3n) is 3.82. The van der Waals surface area contributed by atoms with Crippen molar-refractivity contribution in [1.82, 2.24) is 5.32 Å². The average molecular weight is 363 g/mol. The lowest BCUT2D eigenvalue weighted by Crippen LogP contribution is -2.32. The molecule has 0 saturated heterocycles. The zero-order valence-corrected chi connectivity index (χ0v) is 13.1. The molecule has 1 N–H and O–H groups in total. The van der Waals surface area contributed by atoms with Crippen LogP contribution in [0.5, 0.6) is 0 Å². The van der Waals surface area contributed by atoms with Gasteiger partial charge in [0.05, 0.1) is 0 Å². The Hall–Kier alpha value is -0.870. The van der Waals surface area contributed by atoms with Gasteiger partial charge in [-0.15, -0.1) is 0 Å². The first-order chi connectivity index (χ1) is 9.26. The molecule has 19 heavy (non-hydrogen) atoms. The highest BCUT2D eigenvalue weighted by atomic mass is 127. The Balaban J connectivity index is 1.59. The van der Waals surface area contributed by atoms with Crippen molar-refractivity contribution in [3.05, 3.63) is 69.3 Å². The van der Waals surface area contributed by atoms with E-state index in [9.17, 15) is 0 Å². The van der Waals surface area contributed by atoms with Crippen molar-refractivity contribution in [1.29, 1.82) is 0 Å². The van der Waals surface area contributed by atoms with Crippen LogP contribution < -0.4 is 5.32 Å². The molecule has 2 heteroatoms. The van der Waals surface area contributed by atoms with E-state index in [2.05, 4.69) is 82.5 Å². The summed E-state index contributed by atoms with van der Waals surface area (Å²) in [6.45, 7) is 0.977. The lowest BCUT2D eigenvalue weighted by Gasteiger charge is -2.17. The summed E-state index contributed by atoms with van der Waals surface area (Å²) in [7, 11) is 0. The van der Waals surface area contributed by atoms with E-state index in [4.69, 9.17) is 0 Å². The number of rotatable bonds is 5. The zero-order valence-electron chi connectivity index (χ0n) is 10.9. The number of nitrogens with one attached hydrogen (secondary N) is 1. The van der Waals surface area contributed by atoms with Crippen LogP contribution in [-0.4, -0.2) is 5.54 Å². The molecule has 0 heterocycles. The fourth-order valence-electron chi connectivity index (χ4n) is 2.45. The van der Waals surface area contributed by atoms with E-state index in [-0.39, 0.29) is 0 Å². The topological polar surface area (TPSA) is 12.0 Å². The monoisotopic (exact) mass is 363 g/mol. The average Bonchev–Trinajstić information content (AvgIpc) is 3.21. The quantitative estimate of drug-likeness (QED) is 0.787. The second kappa shape index (κ2) is 5.63. The van der Waals surface area contributed by atoms with Gasteiger partial charge in [-0.3, -0.25) is 0 Å². The standard InChI is InChI=1S/C17H18IN/c18-16-8-6-14(7-9-16)12-17(10-11-17)19-13-15-4-2-1-3-5-15/h1-9,19H,10-13H2. The minimum Gasteiger partial charge on any atom is -0.307 e. The fraction of sp³-hybridized carbons (Fsp3) is 0.294. The highest BCUT2D eigenvalue weighted by Crippen LogP contribution is 2.39. The van der Waals surface area contributed by atoms with Crippen molar-refractivity contribution in [2.24, 2.45) is 0 Å². The molecule has 0 aliphatic heterocycles. The summed E-state index contributed by atoms with van der Waals surface area (Å²) in [4.78, 5) is 0. The van der Waals surface area contributed by atoms with Crippen molar-refractivity contribution < 1.29 is 0 Å². The van der Waals surface area contributed by atoms with E-state index in [0.717, 1.165) is 13.0 Å². The summed E-state index contributed by atoms with van der Waals surface area (Å²) in [5, 5.41) is 3.75. The second-order valence-corrected chi connectivity index (χ2v) is 6.67. The van der Waals surface area contributed by atoms with Gasteiger partial charge >= 0.3 is 0 Å². The Bertz CT molecular complexity index is 529. The van der Waals surface area contributed by atoms with Gasteiger partial charge in [0.2, 0.25) is 0 Å². The number of hydrogen-bond acceptors (Lipinski definition) is 1. The molecule has 1 aliphatic carbocycles. The molecule has 1 nitrogen and oxygen atoms in total. The molecule has 3 rings (SSSR count). The number of hydrogen-bond donors (Lipinski definition) is 1. The van der Waals surface area contributed by atoms with Crippen LogP contribution in [0.2, 0.25) is 0 Å². The Morgan fingerprint density at radius 1 is 0.895 bits per heavy atom. The second-order valence-electron chi connectivity index (χ2n) is 5.42. The third-order valence-corrected chi connectivity index (χ3v) is 4.54. The number of halogens is 1. The first-order valence-corrected chi connectivity index (χ1v) is 7.87. The van der Waals surface area contributed by atoms with Crippen LogP contribution in [0.4, 0.5) is 0 Å². The summed E-state index contributed by atoms with van der Waals surface area (Å²) < 4.78 is 1.31. The van der Waals surface area contributed by atoms with Gasteiger partial charge in [-0.05, 0) is 65.1 Å². The maximum absolute atomic E-state index is 3.75. The Labute approximate surface area is 128 Å². The molecular formula is C17H18IN. The predicted octanol–water partition coefficient (Wildman–Crippen LogP) is 4.16. The third kappa shape index (κ3) is 3.57. The lowest BCUT2D eigenvalue weighted by atomic mass is 10.0. The summed E-state index contributed by atoms with van der Waals surface area (Å²) in [6, 6.07) is 19.6. The van der Waals surface area contributed by atoms with Gasteiger partial charge < -0.3 is 5.32 Å². The molecule has 0 aromatic heterocycles. The summed E-state index contributed by atoms with van der Waals surface area (Å²) >= 11 is 2.36. The van der Waals surface area contributed by atoms with Crippen molar-refractivity contribution >= 4 is 22.6 Å². The molecule has 2 aromatic carbocycles. The first-order valence-electron chi connectivity index (χ1n) is 6.79. The van der Waals surface area contributed by atoms with E-state index in [0.29, 0.717) is 5.54 Å². The van der Waals surface area contributed by atoms with E-state index in [1.165, 1.54) is 27.5 Å². The van der Waals surface area contributed by atoms with Gasteiger partial charge in [-0.1, -0.05) is 42.5 Å². The summed E-state index contributed by atoms with van der Waals surface area (Å²) in [5.74, 6) is 0. The van der Waals surface area contributed by atoms with Gasteiger partial charge in [0.25, 0.3) is 0 Å². The van der Waals surface area contributed by atoms with Crippen LogP contribution in [-0.2, 0) is 13.0 Å². The molecule has 0 spiro atoms. The van der Waals surface area contributed by atoms with Crippen molar-refractivity contribution in [3.8, 4) is 0 Å². The molecule has 0 bridgehead atoms. The predicted molar refractivity (Wildman–Crippen MR) is 88.1 cm³/mol. The Morgan fingerprint density at radius 3 is 2.21 bits per heavy atom. The largest absolute Gasteiger partial charge is 0.307 e. The maximum Gasteiger partial charge on any atom is 0.0226 e. The van der Waals surface area contributed by atoms with Crippen LogP contribution in [0.1, 0.15) is 24.0 Å². The van der Waals surface area contributed by atoms with Crippen molar-refractivity contribution in [3.63, 3.8) is 0 Å². The molecule has 98 valence electrons. The smallest absolute Gasteiger partial charge is 0.0226 e. The van der Waals surface area contributed by atoms with Crippen LogP contribution in [0.3, 0.4) is 0 Å². The molecule has 1 saturated carbocycles. The van der Waals surface area contributed by atoms with E-state index in [1.807, 2.05) is 0 Å². The Morgan fingerprint density at radius 2 is 1.58 bits per heavy atom. The molecule has 0 amide bonds. The van der Waals surface area contributed by atoms with Gasteiger partial charge in [0.1, 0.15) is 0 Å². The fourth-order valence-corrected chi connectivity index (χ4v) is 2.80. The van der Waals surface area contributed by atoms with Gasteiger partial charge in [0, 0.05) is 15.7 Å². The number of benzene rings is 2. The van der Waals surface area contributed by atoms with E-state index >= 15 is 0 Å². The van der Waals surface area contributed by atoms with Gasteiger partial charge in [0.15, 0.2) is 0 Å². The summed E-state index contributed by atoms with van der Waals surface area (Å²) in [5.41, 5.74) is 3.16. The minimum absolute atomic E-state index is 0.350. The van der Waals surface area contributed by atoms with Crippen LogP contribution in [0, 0.1) is 3.57 Å². The molecule has 0 unspecified atom stereocenters. The minimum atomic E-state index is 0.350. The highest BCUT2D eigenvalue weighted by molar-refractivity contribution is 14.1. The van der Waals surface area contributed by atoms with E-state index in [1.54, 1.807) is 0 Å². The Kier molecular flexibility index (Phi) is 3.89. The SMILES string of the molecule is Ic1ccc(CC2(NCc3ccccc3)CC2)cc1. The molecule has 1 fully saturated rings. The van der Waals surface area contributed by atoms with E-state index < -0.39 is 0 Å². The highest BCUT2D eigenvalue weighted by Gasteiger charge is 2.41. The van der Waals surface area contributed by atoms with Crippen LogP contribution >= 0.6 is 22.6 Å². The molecule has 0 radical (unpaired) electrons. The van der Waals surface area contributed by atoms with Crippen molar-refractivity contribution in [2.75, 3.05) is 0 Å². The first kappa shape index (κ1) is 13.1. The van der Waals surface area contributed by atoms with Gasteiger partial charge in [-0.2, -0.15) is 0 Å². The summed E-state index contributed by atoms with van der Waals surface area (Å²) in [6.07, 6.45) is 3.74. The molecular weight excluding hydrogens is 345 g/mol. The van der Waals surface area contributed by atoms with Crippen LogP contribution in [0.15, 0.2) is 54.6 Å². The van der Waals surface area contributed by atoms with Crippen molar-refractivity contribution in [2.45, 2.75) is 31.3 Å². The van der Waals surface area contributed by atoms with Gasteiger partial charge in [-0.25, -0.2) is 0 Å². The zero-order chi connectivity index (χ0) is 13.1. The molecule has 2 aromatic rings. The normalized spacial score (nSPS) is 16.3. The van der Waals surface area contributed by atoms with Crippen LogP contribution in [0.25, 0.3) is 0 Å². The maximum atomic E-state index is 3.75.